The maximum Gasteiger partial charge on any atom is 0.183 e. The first-order valence-electron chi connectivity index (χ1n) is 6.39. The van der Waals surface area contributed by atoms with Gasteiger partial charge in [-0.25, -0.2) is 4.98 Å². The fraction of sp³-hybridized carbons (Fsp3) is 0.400. The molecule has 0 aliphatic carbocycles. The van der Waals surface area contributed by atoms with Gasteiger partial charge in [0.25, 0.3) is 0 Å². The molecule has 0 saturated heterocycles. The molecule has 0 aliphatic rings. The van der Waals surface area contributed by atoms with Crippen molar-refractivity contribution in [2.24, 2.45) is 0 Å². The first-order valence-corrected chi connectivity index (χ1v) is 7.21. The number of hydrogen-bond acceptors (Lipinski definition) is 3. The summed E-state index contributed by atoms with van der Waals surface area (Å²) in [7, 11) is 0. The molecule has 2 aromatic rings. The van der Waals surface area contributed by atoms with Crippen LogP contribution in [0.3, 0.4) is 0 Å². The minimum atomic E-state index is 0.985. The molecule has 0 spiro atoms. The Hall–Kier alpha value is -1.35. The lowest BCUT2D eigenvalue weighted by Crippen LogP contribution is -1.97. The smallest absolute Gasteiger partial charge is 0.183 e. The summed E-state index contributed by atoms with van der Waals surface area (Å²) < 4.78 is 0. The average Bonchev–Trinajstić information content (AvgIpc) is 2.73. The fourth-order valence-electron chi connectivity index (χ4n) is 2.27. The zero-order chi connectivity index (χ0) is 13.1. The van der Waals surface area contributed by atoms with E-state index in [0.29, 0.717) is 0 Å². The van der Waals surface area contributed by atoms with Crippen molar-refractivity contribution < 1.29 is 0 Å². The second-order valence-corrected chi connectivity index (χ2v) is 5.76. The Balaban J connectivity index is 2.34. The lowest BCUT2D eigenvalue weighted by molar-refractivity contribution is 0.976. The summed E-state index contributed by atoms with van der Waals surface area (Å²) in [5.41, 5.74) is 5.32. The van der Waals surface area contributed by atoms with Crippen LogP contribution in [0.15, 0.2) is 18.3 Å². The molecule has 1 aromatic heterocycles. The molecule has 3 heteroatoms. The molecule has 0 aliphatic heterocycles. The van der Waals surface area contributed by atoms with Crippen LogP contribution in [0.25, 0.3) is 10.4 Å². The monoisotopic (exact) mass is 260 g/mol. The Morgan fingerprint density at radius 3 is 2.44 bits per heavy atom. The van der Waals surface area contributed by atoms with E-state index < -0.39 is 0 Å². The van der Waals surface area contributed by atoms with Crippen molar-refractivity contribution in [2.45, 2.75) is 34.1 Å². The molecule has 2 rings (SSSR count). The van der Waals surface area contributed by atoms with E-state index in [1.165, 1.54) is 27.1 Å². The first kappa shape index (κ1) is 13.1. The molecule has 2 nitrogen and oxygen atoms in total. The third-order valence-corrected chi connectivity index (χ3v) is 3.93. The van der Waals surface area contributed by atoms with Gasteiger partial charge >= 0.3 is 0 Å². The Kier molecular flexibility index (Phi) is 4.02. The summed E-state index contributed by atoms with van der Waals surface area (Å²) in [6.07, 6.45) is 3.10. The molecule has 0 radical (unpaired) electrons. The molecule has 0 amide bonds. The summed E-state index contributed by atoms with van der Waals surface area (Å²) in [5.74, 6) is 0. The summed E-state index contributed by atoms with van der Waals surface area (Å²) in [4.78, 5) is 5.70. The Bertz CT molecular complexity index is 520. The van der Waals surface area contributed by atoms with Gasteiger partial charge in [0.1, 0.15) is 0 Å². The SMILES string of the molecule is CCCNc1ncc(-c2c(C)cc(C)cc2C)s1. The number of aryl methyl sites for hydroxylation is 3. The molecule has 1 N–H and O–H groups in total. The highest BCUT2D eigenvalue weighted by Gasteiger charge is 2.10. The molecular formula is C15H20N2S. The van der Waals surface area contributed by atoms with Crippen LogP contribution in [0.5, 0.6) is 0 Å². The van der Waals surface area contributed by atoms with E-state index in [2.05, 4.69) is 50.1 Å². The molecule has 0 atom stereocenters. The summed E-state index contributed by atoms with van der Waals surface area (Å²) in [5, 5.41) is 4.36. The Morgan fingerprint density at radius 2 is 1.83 bits per heavy atom. The largest absolute Gasteiger partial charge is 0.362 e. The molecular weight excluding hydrogens is 240 g/mol. The molecule has 0 bridgehead atoms. The standard InChI is InChI=1S/C15H20N2S/c1-5-6-16-15-17-9-13(18-15)14-11(3)7-10(2)8-12(14)4/h7-9H,5-6H2,1-4H3,(H,16,17). The highest BCUT2D eigenvalue weighted by molar-refractivity contribution is 7.18. The van der Waals surface area contributed by atoms with E-state index in [-0.39, 0.29) is 0 Å². The topological polar surface area (TPSA) is 24.9 Å². The lowest BCUT2D eigenvalue weighted by Gasteiger charge is -2.08. The van der Waals surface area contributed by atoms with Crippen molar-refractivity contribution in [1.29, 1.82) is 0 Å². The van der Waals surface area contributed by atoms with Crippen LogP contribution in [0.1, 0.15) is 30.0 Å². The summed E-state index contributed by atoms with van der Waals surface area (Å²) in [6.45, 7) is 9.64. The van der Waals surface area contributed by atoms with Crippen LogP contribution >= 0.6 is 11.3 Å². The second kappa shape index (κ2) is 5.53. The molecule has 96 valence electrons. The Labute approximate surface area is 113 Å². The van der Waals surface area contributed by atoms with E-state index in [1.807, 2.05) is 6.20 Å². The number of nitrogens with one attached hydrogen (secondary N) is 1. The summed E-state index contributed by atoms with van der Waals surface area (Å²) in [6, 6.07) is 4.47. The summed E-state index contributed by atoms with van der Waals surface area (Å²) >= 11 is 1.74. The van der Waals surface area contributed by atoms with Gasteiger partial charge in [-0.05, 0) is 43.9 Å². The van der Waals surface area contributed by atoms with Crippen molar-refractivity contribution in [3.05, 3.63) is 35.0 Å². The van der Waals surface area contributed by atoms with Gasteiger partial charge in [-0.1, -0.05) is 36.0 Å². The Morgan fingerprint density at radius 1 is 1.17 bits per heavy atom. The van der Waals surface area contributed by atoms with E-state index in [1.54, 1.807) is 11.3 Å². The third kappa shape index (κ3) is 2.72. The second-order valence-electron chi connectivity index (χ2n) is 4.73. The van der Waals surface area contributed by atoms with Crippen molar-refractivity contribution >= 4 is 16.5 Å². The number of thiazole rings is 1. The van der Waals surface area contributed by atoms with Crippen LogP contribution in [0, 0.1) is 20.8 Å². The van der Waals surface area contributed by atoms with E-state index >= 15 is 0 Å². The molecule has 0 unspecified atom stereocenters. The molecule has 1 heterocycles. The van der Waals surface area contributed by atoms with Gasteiger partial charge in [-0.15, -0.1) is 0 Å². The zero-order valence-electron chi connectivity index (χ0n) is 11.5. The maximum atomic E-state index is 4.44. The number of nitrogens with zero attached hydrogens (tertiary/aromatic N) is 1. The maximum absolute atomic E-state index is 4.44. The number of anilines is 1. The van der Waals surface area contributed by atoms with Crippen molar-refractivity contribution in [3.63, 3.8) is 0 Å². The zero-order valence-corrected chi connectivity index (χ0v) is 12.3. The van der Waals surface area contributed by atoms with Gasteiger partial charge in [-0.3, -0.25) is 0 Å². The lowest BCUT2D eigenvalue weighted by atomic mass is 9.99. The number of rotatable bonds is 4. The normalized spacial score (nSPS) is 10.7. The average molecular weight is 260 g/mol. The van der Waals surface area contributed by atoms with Gasteiger partial charge < -0.3 is 5.32 Å². The third-order valence-electron chi connectivity index (χ3n) is 2.96. The minimum Gasteiger partial charge on any atom is -0.362 e. The van der Waals surface area contributed by atoms with Gasteiger partial charge in [0, 0.05) is 12.7 Å². The number of hydrogen-bond donors (Lipinski definition) is 1. The highest BCUT2D eigenvalue weighted by Crippen LogP contribution is 2.34. The van der Waals surface area contributed by atoms with Gasteiger partial charge in [-0.2, -0.15) is 0 Å². The predicted octanol–water partition coefficient (Wildman–Crippen LogP) is 4.56. The number of aromatic nitrogens is 1. The van der Waals surface area contributed by atoms with Crippen LogP contribution in [0.4, 0.5) is 5.13 Å². The van der Waals surface area contributed by atoms with Gasteiger partial charge in [0.15, 0.2) is 5.13 Å². The minimum absolute atomic E-state index is 0.985. The quantitative estimate of drug-likeness (QED) is 0.872. The van der Waals surface area contributed by atoms with Crippen molar-refractivity contribution in [1.82, 2.24) is 4.98 Å². The van der Waals surface area contributed by atoms with Crippen LogP contribution in [-0.4, -0.2) is 11.5 Å². The van der Waals surface area contributed by atoms with E-state index in [4.69, 9.17) is 0 Å². The van der Waals surface area contributed by atoms with Gasteiger partial charge in [0.2, 0.25) is 0 Å². The van der Waals surface area contributed by atoms with Crippen molar-refractivity contribution in [2.75, 3.05) is 11.9 Å². The molecule has 1 aromatic carbocycles. The van der Waals surface area contributed by atoms with E-state index in [9.17, 15) is 0 Å². The van der Waals surface area contributed by atoms with Gasteiger partial charge in [0.05, 0.1) is 4.88 Å². The van der Waals surface area contributed by atoms with Crippen LogP contribution in [-0.2, 0) is 0 Å². The predicted molar refractivity (Wildman–Crippen MR) is 80.5 cm³/mol. The van der Waals surface area contributed by atoms with E-state index in [0.717, 1.165) is 18.1 Å². The van der Waals surface area contributed by atoms with Crippen LogP contribution < -0.4 is 5.32 Å². The fourth-order valence-corrected chi connectivity index (χ4v) is 3.29. The molecule has 0 fully saturated rings. The molecule has 18 heavy (non-hydrogen) atoms. The first-order chi connectivity index (χ1) is 8.61. The van der Waals surface area contributed by atoms with Crippen molar-refractivity contribution in [3.8, 4) is 10.4 Å². The highest BCUT2D eigenvalue weighted by atomic mass is 32.1. The number of benzene rings is 1. The molecule has 0 saturated carbocycles. The van der Waals surface area contributed by atoms with Crippen LogP contribution in [0.2, 0.25) is 0 Å².